The average molecular weight is 95.1 g/mol. The first-order chi connectivity index (χ1) is 3.43. The maximum atomic E-state index is 9.65. The van der Waals surface area contributed by atoms with Crippen LogP contribution in [0.5, 0.6) is 0 Å². The van der Waals surface area contributed by atoms with Crippen LogP contribution in [-0.4, -0.2) is 0 Å². The van der Waals surface area contributed by atoms with Crippen molar-refractivity contribution in [2.75, 3.05) is 0 Å². The summed E-state index contributed by atoms with van der Waals surface area (Å²) in [4.78, 5) is 9.65. The number of rotatable bonds is 1. The molecule has 0 unspecified atom stereocenters. The fraction of sp³-hybridized carbons (Fsp3) is 0.200. The van der Waals surface area contributed by atoms with Crippen molar-refractivity contribution in [1.29, 1.82) is 0 Å². The lowest BCUT2D eigenvalue weighted by atomic mass is 10.4. The van der Waals surface area contributed by atoms with Crippen molar-refractivity contribution in [3.63, 3.8) is 0 Å². The maximum Gasteiger partial charge on any atom is 0.0886 e. The van der Waals surface area contributed by atoms with Gasteiger partial charge in [0.2, 0.25) is 0 Å². The van der Waals surface area contributed by atoms with Crippen LogP contribution in [0.2, 0.25) is 0 Å². The number of hydrogen-bond acceptors (Lipinski definition) is 2. The van der Waals surface area contributed by atoms with Gasteiger partial charge in [0.25, 0.3) is 0 Å². The van der Waals surface area contributed by atoms with Gasteiger partial charge in [0.15, 0.2) is 0 Å². The fourth-order valence-electron chi connectivity index (χ4n) is 0.504. The van der Waals surface area contributed by atoms with Crippen LogP contribution in [0.1, 0.15) is 6.42 Å². The Hall–Kier alpha value is -0.920. The third-order valence-electron chi connectivity index (χ3n) is 0.869. The minimum absolute atomic E-state index is 0.625. The van der Waals surface area contributed by atoms with Gasteiger partial charge in [0.1, 0.15) is 0 Å². The SMILES string of the molecule is O=NC1=CC=CC1. The molecule has 7 heavy (non-hydrogen) atoms. The van der Waals surface area contributed by atoms with Gasteiger partial charge >= 0.3 is 0 Å². The highest BCUT2D eigenvalue weighted by molar-refractivity contribution is 5.21. The van der Waals surface area contributed by atoms with E-state index in [1.54, 1.807) is 6.08 Å². The molecule has 0 N–H and O–H groups in total. The molecule has 0 aliphatic heterocycles. The molecule has 1 rings (SSSR count). The van der Waals surface area contributed by atoms with Gasteiger partial charge in [-0.2, -0.15) is 0 Å². The summed E-state index contributed by atoms with van der Waals surface area (Å²) in [6.45, 7) is 0. The summed E-state index contributed by atoms with van der Waals surface area (Å²) < 4.78 is 0. The smallest absolute Gasteiger partial charge is 0.0886 e. The summed E-state index contributed by atoms with van der Waals surface area (Å²) in [6, 6.07) is 0. The summed E-state index contributed by atoms with van der Waals surface area (Å²) in [5, 5.41) is 2.74. The molecule has 2 nitrogen and oxygen atoms in total. The minimum Gasteiger partial charge on any atom is -0.145 e. The summed E-state index contributed by atoms with van der Waals surface area (Å²) in [5.41, 5.74) is 0.625. The molecule has 0 aromatic heterocycles. The molecule has 0 aromatic carbocycles. The molecule has 0 amide bonds. The van der Waals surface area contributed by atoms with Crippen LogP contribution in [0.15, 0.2) is 29.1 Å². The Morgan fingerprint density at radius 2 is 2.57 bits per heavy atom. The predicted octanol–water partition coefficient (Wildman–Crippen LogP) is 1.60. The summed E-state index contributed by atoms with van der Waals surface area (Å²) >= 11 is 0. The highest BCUT2D eigenvalue weighted by Gasteiger charge is 1.94. The van der Waals surface area contributed by atoms with Crippen LogP contribution in [0.25, 0.3) is 0 Å². The lowest BCUT2D eigenvalue weighted by Crippen LogP contribution is -1.62. The van der Waals surface area contributed by atoms with Gasteiger partial charge in [-0.25, -0.2) is 0 Å². The predicted molar refractivity (Wildman–Crippen MR) is 27.6 cm³/mol. The molecule has 0 fully saturated rings. The van der Waals surface area contributed by atoms with Crippen LogP contribution in [0.3, 0.4) is 0 Å². The lowest BCUT2D eigenvalue weighted by Gasteiger charge is -1.76. The van der Waals surface area contributed by atoms with Gasteiger partial charge < -0.3 is 0 Å². The minimum atomic E-state index is 0.625. The van der Waals surface area contributed by atoms with Crippen molar-refractivity contribution in [3.8, 4) is 0 Å². The second-order valence-electron chi connectivity index (χ2n) is 1.38. The van der Waals surface area contributed by atoms with Crippen molar-refractivity contribution in [2.24, 2.45) is 5.18 Å². The van der Waals surface area contributed by atoms with E-state index in [9.17, 15) is 4.91 Å². The molecule has 0 atom stereocenters. The van der Waals surface area contributed by atoms with Crippen LogP contribution in [-0.2, 0) is 0 Å². The number of nitrogens with zero attached hydrogens (tertiary/aromatic N) is 1. The molecule has 0 aromatic rings. The van der Waals surface area contributed by atoms with Crippen molar-refractivity contribution in [2.45, 2.75) is 6.42 Å². The van der Waals surface area contributed by atoms with E-state index >= 15 is 0 Å². The zero-order chi connectivity index (χ0) is 5.11. The molecule has 0 saturated carbocycles. The Balaban J connectivity index is 2.61. The van der Waals surface area contributed by atoms with Crippen LogP contribution in [0.4, 0.5) is 0 Å². The highest BCUT2D eigenvalue weighted by atomic mass is 16.3. The molecular formula is C5H5NO. The number of nitroso groups, excluding NO2 is 1. The first-order valence-electron chi connectivity index (χ1n) is 2.12. The van der Waals surface area contributed by atoms with Crippen molar-refractivity contribution >= 4 is 0 Å². The first kappa shape index (κ1) is 4.24. The topological polar surface area (TPSA) is 29.4 Å². The third-order valence-corrected chi connectivity index (χ3v) is 0.869. The van der Waals surface area contributed by atoms with E-state index in [-0.39, 0.29) is 0 Å². The molecule has 1 aliphatic carbocycles. The second-order valence-corrected chi connectivity index (χ2v) is 1.38. The van der Waals surface area contributed by atoms with E-state index < -0.39 is 0 Å². The van der Waals surface area contributed by atoms with Gasteiger partial charge in [-0.05, 0) is 11.3 Å². The largest absolute Gasteiger partial charge is 0.145 e. The van der Waals surface area contributed by atoms with E-state index in [4.69, 9.17) is 0 Å². The van der Waals surface area contributed by atoms with Crippen molar-refractivity contribution < 1.29 is 0 Å². The van der Waals surface area contributed by atoms with E-state index in [1.807, 2.05) is 12.2 Å². The highest BCUT2D eigenvalue weighted by Crippen LogP contribution is 2.09. The normalized spacial score (nSPS) is 16.9. The van der Waals surface area contributed by atoms with Gasteiger partial charge in [0, 0.05) is 6.42 Å². The Kier molecular flexibility index (Phi) is 1.02. The maximum absolute atomic E-state index is 9.65. The summed E-state index contributed by atoms with van der Waals surface area (Å²) in [5.74, 6) is 0. The first-order valence-corrected chi connectivity index (χ1v) is 2.12. The summed E-state index contributed by atoms with van der Waals surface area (Å²) in [7, 11) is 0. The Labute approximate surface area is 41.5 Å². The van der Waals surface area contributed by atoms with E-state index in [2.05, 4.69) is 5.18 Å². The molecule has 0 bridgehead atoms. The molecule has 2 heteroatoms. The van der Waals surface area contributed by atoms with Gasteiger partial charge in [-0.3, -0.25) is 0 Å². The Morgan fingerprint density at radius 1 is 1.71 bits per heavy atom. The van der Waals surface area contributed by atoms with Crippen LogP contribution >= 0.6 is 0 Å². The molecule has 0 heterocycles. The number of allylic oxidation sites excluding steroid dienone is 3. The Bertz CT molecular complexity index is 135. The lowest BCUT2D eigenvalue weighted by molar-refractivity contribution is 1.19. The fourth-order valence-corrected chi connectivity index (χ4v) is 0.504. The molecule has 36 valence electrons. The zero-order valence-electron chi connectivity index (χ0n) is 3.79. The zero-order valence-corrected chi connectivity index (χ0v) is 3.79. The van der Waals surface area contributed by atoms with E-state index in [1.165, 1.54) is 0 Å². The van der Waals surface area contributed by atoms with E-state index in [0.717, 1.165) is 0 Å². The van der Waals surface area contributed by atoms with Crippen molar-refractivity contribution in [1.82, 2.24) is 0 Å². The van der Waals surface area contributed by atoms with Gasteiger partial charge in [-0.1, -0.05) is 12.2 Å². The molecule has 0 spiro atoms. The quantitative estimate of drug-likeness (QED) is 0.455. The van der Waals surface area contributed by atoms with Gasteiger partial charge in [0.05, 0.1) is 5.70 Å². The molecular weight excluding hydrogens is 90.1 g/mol. The monoisotopic (exact) mass is 95.0 g/mol. The Morgan fingerprint density at radius 3 is 2.86 bits per heavy atom. The standard InChI is InChI=1S/C5H5NO/c7-6-5-3-1-2-4-5/h1-3H,4H2. The molecule has 0 saturated heterocycles. The van der Waals surface area contributed by atoms with Gasteiger partial charge in [-0.15, -0.1) is 4.91 Å². The summed E-state index contributed by atoms with van der Waals surface area (Å²) in [6.07, 6.45) is 6.16. The third kappa shape index (κ3) is 0.738. The van der Waals surface area contributed by atoms with Crippen molar-refractivity contribution in [3.05, 3.63) is 28.8 Å². The average Bonchev–Trinajstić information content (AvgIpc) is 2.14. The molecule has 1 aliphatic rings. The van der Waals surface area contributed by atoms with Crippen LogP contribution in [0, 0.1) is 4.91 Å². The van der Waals surface area contributed by atoms with Crippen LogP contribution < -0.4 is 0 Å². The molecule has 0 radical (unpaired) electrons. The number of hydrogen-bond donors (Lipinski definition) is 0. The van der Waals surface area contributed by atoms with E-state index in [0.29, 0.717) is 12.1 Å². The second kappa shape index (κ2) is 1.69.